The van der Waals surface area contributed by atoms with E-state index in [0.29, 0.717) is 0 Å². The molecule has 1 aromatic heterocycles. The molecule has 0 aliphatic rings. The summed E-state index contributed by atoms with van der Waals surface area (Å²) in [5.74, 6) is 4.80. The number of hydrogen-bond acceptors (Lipinski definition) is 3. The Morgan fingerprint density at radius 2 is 2.25 bits per heavy atom. The molecule has 0 aliphatic carbocycles. The van der Waals surface area contributed by atoms with Crippen molar-refractivity contribution in [2.24, 2.45) is 0 Å². The van der Waals surface area contributed by atoms with Gasteiger partial charge >= 0.3 is 5.97 Å². The number of aromatic nitrogens is 1. The van der Waals surface area contributed by atoms with Crippen LogP contribution in [0, 0.1) is 0 Å². The fourth-order valence-electron chi connectivity index (χ4n) is 0.732. The highest BCUT2D eigenvalue weighted by Crippen LogP contribution is 2.24. The van der Waals surface area contributed by atoms with Crippen molar-refractivity contribution in [2.45, 2.75) is 0 Å². The fraction of sp³-hybridized carbons (Fsp3) is 0.167. The SMILES string of the molecule is COC(=O)c1cc(Cl)c(Cl)n1N. The molecule has 2 N–H and O–H groups in total. The third kappa shape index (κ3) is 1.35. The van der Waals surface area contributed by atoms with Gasteiger partial charge in [-0.15, -0.1) is 0 Å². The second kappa shape index (κ2) is 3.25. The number of halogens is 2. The molecule has 4 nitrogen and oxygen atoms in total. The zero-order valence-corrected chi connectivity index (χ0v) is 7.69. The first-order valence-corrected chi connectivity index (χ1v) is 3.73. The van der Waals surface area contributed by atoms with E-state index in [1.54, 1.807) is 0 Å². The number of methoxy groups -OCH3 is 1. The van der Waals surface area contributed by atoms with Gasteiger partial charge in [-0.1, -0.05) is 23.2 Å². The van der Waals surface area contributed by atoms with Crippen LogP contribution in [-0.2, 0) is 4.74 Å². The number of esters is 1. The van der Waals surface area contributed by atoms with Crippen molar-refractivity contribution >= 4 is 29.2 Å². The van der Waals surface area contributed by atoms with Gasteiger partial charge < -0.3 is 10.6 Å². The van der Waals surface area contributed by atoms with E-state index in [1.807, 2.05) is 0 Å². The molecule has 1 rings (SSSR count). The van der Waals surface area contributed by atoms with Gasteiger partial charge in [-0.05, 0) is 6.07 Å². The standard InChI is InChI=1S/C6H6Cl2N2O2/c1-12-6(11)4-2-3(7)5(8)10(4)9/h2H,9H2,1H3. The van der Waals surface area contributed by atoms with Crippen molar-refractivity contribution in [1.29, 1.82) is 0 Å². The smallest absolute Gasteiger partial charge is 0.356 e. The summed E-state index contributed by atoms with van der Waals surface area (Å²) in [6.07, 6.45) is 0. The Morgan fingerprint density at radius 1 is 1.67 bits per heavy atom. The molecular weight excluding hydrogens is 203 g/mol. The van der Waals surface area contributed by atoms with Crippen molar-refractivity contribution < 1.29 is 9.53 Å². The van der Waals surface area contributed by atoms with E-state index in [0.717, 1.165) is 4.68 Å². The largest absolute Gasteiger partial charge is 0.464 e. The molecule has 66 valence electrons. The molecule has 0 unspecified atom stereocenters. The lowest BCUT2D eigenvalue weighted by atomic mass is 10.4. The van der Waals surface area contributed by atoms with Gasteiger partial charge in [-0.25, -0.2) is 9.47 Å². The summed E-state index contributed by atoms with van der Waals surface area (Å²) in [7, 11) is 1.25. The molecule has 0 saturated heterocycles. The number of nitrogens with two attached hydrogens (primary N) is 1. The molecule has 0 fully saturated rings. The second-order valence-electron chi connectivity index (χ2n) is 2.03. The summed E-state index contributed by atoms with van der Waals surface area (Å²) < 4.78 is 5.40. The van der Waals surface area contributed by atoms with E-state index < -0.39 is 5.97 Å². The monoisotopic (exact) mass is 208 g/mol. The van der Waals surface area contributed by atoms with Crippen LogP contribution < -0.4 is 5.84 Å². The highest BCUT2D eigenvalue weighted by atomic mass is 35.5. The predicted octanol–water partition coefficient (Wildman–Crippen LogP) is 1.30. The number of carbonyl (C=O) groups is 1. The van der Waals surface area contributed by atoms with Crippen molar-refractivity contribution in [1.82, 2.24) is 4.68 Å². The van der Waals surface area contributed by atoms with E-state index >= 15 is 0 Å². The lowest BCUT2D eigenvalue weighted by molar-refractivity contribution is 0.0591. The van der Waals surface area contributed by atoms with Crippen molar-refractivity contribution in [3.05, 3.63) is 21.9 Å². The Labute approximate surface area is 78.8 Å². The number of nitrogen functional groups attached to an aromatic ring is 1. The van der Waals surface area contributed by atoms with Crippen LogP contribution in [-0.4, -0.2) is 17.8 Å². The Balaban J connectivity index is 3.17. The Morgan fingerprint density at radius 3 is 2.58 bits per heavy atom. The maximum Gasteiger partial charge on any atom is 0.356 e. The minimum Gasteiger partial charge on any atom is -0.464 e. The minimum atomic E-state index is -0.578. The van der Waals surface area contributed by atoms with Gasteiger partial charge in [0.1, 0.15) is 10.8 Å². The van der Waals surface area contributed by atoms with Crippen LogP contribution in [0.3, 0.4) is 0 Å². The van der Waals surface area contributed by atoms with Crippen LogP contribution >= 0.6 is 23.2 Å². The van der Waals surface area contributed by atoms with Gasteiger partial charge in [0.25, 0.3) is 0 Å². The van der Waals surface area contributed by atoms with Crippen molar-refractivity contribution in [3.63, 3.8) is 0 Å². The molecule has 0 bridgehead atoms. The fourth-order valence-corrected chi connectivity index (χ4v) is 1.07. The number of hydrogen-bond donors (Lipinski definition) is 1. The molecule has 6 heteroatoms. The number of carbonyl (C=O) groups excluding carboxylic acids is 1. The summed E-state index contributed by atoms with van der Waals surface area (Å²) in [5.41, 5.74) is 0.118. The van der Waals surface area contributed by atoms with Gasteiger partial charge in [-0.2, -0.15) is 0 Å². The van der Waals surface area contributed by atoms with Gasteiger partial charge in [0.2, 0.25) is 0 Å². The van der Waals surface area contributed by atoms with Crippen LogP contribution in [0.25, 0.3) is 0 Å². The lowest BCUT2D eigenvalue weighted by Crippen LogP contribution is -2.17. The summed E-state index contributed by atoms with van der Waals surface area (Å²) in [4.78, 5) is 11.0. The molecule has 0 spiro atoms. The van der Waals surface area contributed by atoms with Gasteiger partial charge in [0, 0.05) is 0 Å². The van der Waals surface area contributed by atoms with Crippen molar-refractivity contribution in [3.8, 4) is 0 Å². The first-order chi connectivity index (χ1) is 5.57. The van der Waals surface area contributed by atoms with Crippen LogP contribution in [0.4, 0.5) is 0 Å². The third-order valence-corrected chi connectivity index (χ3v) is 2.10. The summed E-state index contributed by atoms with van der Waals surface area (Å²) in [6.45, 7) is 0. The highest BCUT2D eigenvalue weighted by molar-refractivity contribution is 6.41. The zero-order valence-electron chi connectivity index (χ0n) is 6.17. The van der Waals surface area contributed by atoms with E-state index in [2.05, 4.69) is 4.74 Å². The summed E-state index contributed by atoms with van der Waals surface area (Å²) in [5, 5.41) is 0.330. The van der Waals surface area contributed by atoms with Crippen molar-refractivity contribution in [2.75, 3.05) is 13.0 Å². The molecule has 0 saturated carbocycles. The number of nitrogens with zero attached hydrogens (tertiary/aromatic N) is 1. The first kappa shape index (κ1) is 9.22. The average Bonchev–Trinajstić information content (AvgIpc) is 2.32. The zero-order chi connectivity index (χ0) is 9.30. The lowest BCUT2D eigenvalue weighted by Gasteiger charge is -2.00. The topological polar surface area (TPSA) is 57.2 Å². The second-order valence-corrected chi connectivity index (χ2v) is 2.80. The van der Waals surface area contributed by atoms with E-state index in [4.69, 9.17) is 29.0 Å². The quantitative estimate of drug-likeness (QED) is 0.560. The van der Waals surface area contributed by atoms with E-state index in [1.165, 1.54) is 13.2 Å². The minimum absolute atomic E-state index is 0.108. The van der Waals surface area contributed by atoms with Crippen LogP contribution in [0.2, 0.25) is 10.2 Å². The Kier molecular flexibility index (Phi) is 2.49. The molecule has 0 aromatic carbocycles. The molecule has 0 atom stereocenters. The third-order valence-electron chi connectivity index (χ3n) is 1.33. The van der Waals surface area contributed by atoms with Crippen LogP contribution in [0.1, 0.15) is 10.5 Å². The Hall–Kier alpha value is -0.870. The molecular formula is C6H6Cl2N2O2. The summed E-state index contributed by atoms with van der Waals surface area (Å²) in [6, 6.07) is 1.34. The number of ether oxygens (including phenoxy) is 1. The summed E-state index contributed by atoms with van der Waals surface area (Å²) >= 11 is 11.2. The molecule has 1 aromatic rings. The van der Waals surface area contributed by atoms with Crippen LogP contribution in [0.5, 0.6) is 0 Å². The maximum absolute atomic E-state index is 11.0. The molecule has 12 heavy (non-hydrogen) atoms. The normalized spacial score (nSPS) is 9.92. The molecule has 0 amide bonds. The predicted molar refractivity (Wildman–Crippen MR) is 45.9 cm³/mol. The number of rotatable bonds is 1. The Bertz CT molecular complexity index is 322. The molecule has 1 heterocycles. The molecule has 0 aliphatic heterocycles. The highest BCUT2D eigenvalue weighted by Gasteiger charge is 2.16. The van der Waals surface area contributed by atoms with E-state index in [-0.39, 0.29) is 15.9 Å². The van der Waals surface area contributed by atoms with E-state index in [9.17, 15) is 4.79 Å². The maximum atomic E-state index is 11.0. The average molecular weight is 209 g/mol. The van der Waals surface area contributed by atoms with Gasteiger partial charge in [0.15, 0.2) is 0 Å². The van der Waals surface area contributed by atoms with Gasteiger partial charge in [0.05, 0.1) is 12.1 Å². The van der Waals surface area contributed by atoms with Gasteiger partial charge in [-0.3, -0.25) is 0 Å². The molecule has 0 radical (unpaired) electrons. The van der Waals surface area contributed by atoms with Crippen LogP contribution in [0.15, 0.2) is 6.07 Å². The first-order valence-electron chi connectivity index (χ1n) is 2.98.